The Balaban J connectivity index is 1.42. The number of hydrogen-bond donors (Lipinski definition) is 0. The van der Waals surface area contributed by atoms with E-state index in [0.29, 0.717) is 13.2 Å². The molecule has 174 valence electrons. The molecule has 7 nitrogen and oxygen atoms in total. The lowest BCUT2D eigenvalue weighted by Crippen LogP contribution is -2.46. The standard InChI is InChI=1S/C25H36N4O3/c1-27-16-18-31-17-5-4-9-25(21-32-23-8-3-2-7-22(23)19-27)10-14-28(15-11-25)24(30)20-29-13-6-12-26-29/h2-3,6-8,12-13H,4-5,9-11,14-21H2,1H3. The first kappa shape index (κ1) is 22.8. The molecule has 0 saturated carbocycles. The third-order valence-corrected chi connectivity index (χ3v) is 6.84. The van der Waals surface area contributed by atoms with E-state index in [1.54, 1.807) is 10.9 Å². The van der Waals surface area contributed by atoms with Crippen LogP contribution < -0.4 is 4.74 Å². The molecule has 7 heteroatoms. The summed E-state index contributed by atoms with van der Waals surface area (Å²) in [7, 11) is 2.13. The van der Waals surface area contributed by atoms with Gasteiger partial charge >= 0.3 is 0 Å². The zero-order chi connectivity index (χ0) is 22.2. The molecule has 1 aromatic heterocycles. The number of fused-ring (bicyclic) bond motifs is 1. The van der Waals surface area contributed by atoms with Crippen LogP contribution in [0.1, 0.15) is 37.7 Å². The fourth-order valence-electron chi connectivity index (χ4n) is 4.73. The molecule has 3 heterocycles. The second kappa shape index (κ2) is 11.0. The Kier molecular flexibility index (Phi) is 7.81. The van der Waals surface area contributed by atoms with Crippen LogP contribution in [0.3, 0.4) is 0 Å². The SMILES string of the molecule is CN1CCOCCCCC2(CCN(C(=O)Cn3cccn3)CC2)COc2ccccc2C1. The molecule has 0 N–H and O–H groups in total. The minimum atomic E-state index is 0.103. The second-order valence-electron chi connectivity index (χ2n) is 9.29. The highest BCUT2D eigenvalue weighted by Crippen LogP contribution is 2.38. The maximum absolute atomic E-state index is 12.7. The molecule has 2 aliphatic heterocycles. The van der Waals surface area contributed by atoms with Gasteiger partial charge in [-0.3, -0.25) is 14.4 Å². The zero-order valence-electron chi connectivity index (χ0n) is 19.2. The van der Waals surface area contributed by atoms with Crippen LogP contribution in [0.15, 0.2) is 42.7 Å². The van der Waals surface area contributed by atoms with Gasteiger partial charge in [0.05, 0.1) is 13.2 Å². The van der Waals surface area contributed by atoms with Gasteiger partial charge in [-0.1, -0.05) is 24.6 Å². The maximum atomic E-state index is 12.7. The molecule has 32 heavy (non-hydrogen) atoms. The lowest BCUT2D eigenvalue weighted by atomic mass is 9.75. The van der Waals surface area contributed by atoms with E-state index in [9.17, 15) is 4.79 Å². The lowest BCUT2D eigenvalue weighted by molar-refractivity contribution is -0.134. The van der Waals surface area contributed by atoms with Gasteiger partial charge in [-0.15, -0.1) is 0 Å². The first-order valence-electron chi connectivity index (χ1n) is 11.9. The number of para-hydroxylation sites is 1. The molecular formula is C25H36N4O3. The van der Waals surface area contributed by atoms with Crippen molar-refractivity contribution in [2.45, 2.75) is 45.2 Å². The lowest BCUT2D eigenvalue weighted by Gasteiger charge is -2.42. The monoisotopic (exact) mass is 440 g/mol. The molecule has 1 saturated heterocycles. The summed E-state index contributed by atoms with van der Waals surface area (Å²) in [5.41, 5.74) is 1.32. The molecule has 0 radical (unpaired) electrons. The Hall–Kier alpha value is -2.38. The van der Waals surface area contributed by atoms with E-state index >= 15 is 0 Å². The number of piperidine rings is 1. The van der Waals surface area contributed by atoms with E-state index in [4.69, 9.17) is 9.47 Å². The highest BCUT2D eigenvalue weighted by atomic mass is 16.5. The summed E-state index contributed by atoms with van der Waals surface area (Å²) in [6.45, 7) is 5.93. The Morgan fingerprint density at radius 2 is 1.91 bits per heavy atom. The fourth-order valence-corrected chi connectivity index (χ4v) is 4.73. The van der Waals surface area contributed by atoms with E-state index in [1.807, 2.05) is 23.2 Å². The second-order valence-corrected chi connectivity index (χ2v) is 9.29. The van der Waals surface area contributed by atoms with E-state index in [-0.39, 0.29) is 11.3 Å². The number of benzene rings is 1. The number of likely N-dealkylation sites (N-methyl/N-ethyl adjacent to an activating group) is 1. The minimum absolute atomic E-state index is 0.103. The Labute approximate surface area is 191 Å². The molecule has 4 rings (SSSR count). The molecule has 2 aromatic rings. The minimum Gasteiger partial charge on any atom is -0.493 e. The number of ether oxygens (including phenoxy) is 2. The number of rotatable bonds is 2. The van der Waals surface area contributed by atoms with Gasteiger partial charge in [-0.25, -0.2) is 0 Å². The van der Waals surface area contributed by atoms with Gasteiger partial charge < -0.3 is 14.4 Å². The summed E-state index contributed by atoms with van der Waals surface area (Å²) in [4.78, 5) is 17.0. The summed E-state index contributed by atoms with van der Waals surface area (Å²) in [6.07, 6.45) is 8.81. The summed E-state index contributed by atoms with van der Waals surface area (Å²) in [6, 6.07) is 10.2. The van der Waals surface area contributed by atoms with E-state index in [2.05, 4.69) is 35.2 Å². The van der Waals surface area contributed by atoms with Gasteiger partial charge in [0.1, 0.15) is 12.3 Å². The van der Waals surface area contributed by atoms with Gasteiger partial charge in [0, 0.05) is 56.2 Å². The van der Waals surface area contributed by atoms with Gasteiger partial charge in [-0.05, 0) is 44.9 Å². The van der Waals surface area contributed by atoms with Crippen LogP contribution in [0.4, 0.5) is 0 Å². The Morgan fingerprint density at radius 1 is 1.06 bits per heavy atom. The first-order chi connectivity index (χ1) is 15.6. The molecule has 1 fully saturated rings. The van der Waals surface area contributed by atoms with Gasteiger partial charge in [0.2, 0.25) is 5.91 Å². The van der Waals surface area contributed by atoms with Crippen molar-refractivity contribution < 1.29 is 14.3 Å². The predicted octanol–water partition coefficient (Wildman–Crippen LogP) is 3.20. The third-order valence-electron chi connectivity index (χ3n) is 6.84. The summed E-state index contributed by atoms with van der Waals surface area (Å²) in [5, 5.41) is 4.17. The highest BCUT2D eigenvalue weighted by Gasteiger charge is 2.36. The van der Waals surface area contributed by atoms with Gasteiger partial charge in [-0.2, -0.15) is 5.10 Å². The largest absolute Gasteiger partial charge is 0.493 e. The molecule has 0 atom stereocenters. The summed E-state index contributed by atoms with van der Waals surface area (Å²) in [5.74, 6) is 1.13. The van der Waals surface area contributed by atoms with Crippen LogP contribution in [0.2, 0.25) is 0 Å². The molecule has 2 aliphatic rings. The van der Waals surface area contributed by atoms with Gasteiger partial charge in [0.15, 0.2) is 0 Å². The number of aromatic nitrogens is 2. The fraction of sp³-hybridized carbons (Fsp3) is 0.600. The van der Waals surface area contributed by atoms with Crippen molar-refractivity contribution in [3.8, 4) is 5.75 Å². The Bertz CT molecular complexity index is 847. The molecule has 0 unspecified atom stereocenters. The highest BCUT2D eigenvalue weighted by molar-refractivity contribution is 5.76. The number of nitrogens with zero attached hydrogens (tertiary/aromatic N) is 4. The predicted molar refractivity (Wildman–Crippen MR) is 123 cm³/mol. The van der Waals surface area contributed by atoms with Crippen LogP contribution in [-0.2, 0) is 22.6 Å². The van der Waals surface area contributed by atoms with Crippen LogP contribution in [0.25, 0.3) is 0 Å². The van der Waals surface area contributed by atoms with E-state index in [1.165, 1.54) is 5.56 Å². The molecular weight excluding hydrogens is 404 g/mol. The topological polar surface area (TPSA) is 59.8 Å². The van der Waals surface area contributed by atoms with E-state index in [0.717, 1.165) is 77.2 Å². The van der Waals surface area contributed by atoms with E-state index < -0.39 is 0 Å². The molecule has 0 aliphatic carbocycles. The van der Waals surface area contributed by atoms with Crippen molar-refractivity contribution >= 4 is 5.91 Å². The van der Waals surface area contributed by atoms with Crippen molar-refractivity contribution in [1.29, 1.82) is 0 Å². The van der Waals surface area contributed by atoms with Crippen LogP contribution >= 0.6 is 0 Å². The van der Waals surface area contributed by atoms with Crippen LogP contribution in [-0.4, -0.2) is 72.0 Å². The van der Waals surface area contributed by atoms with Crippen molar-refractivity contribution in [3.05, 3.63) is 48.3 Å². The van der Waals surface area contributed by atoms with Gasteiger partial charge in [0.25, 0.3) is 0 Å². The average molecular weight is 441 g/mol. The molecule has 1 aromatic carbocycles. The van der Waals surface area contributed by atoms with Crippen molar-refractivity contribution in [2.75, 3.05) is 46.5 Å². The smallest absolute Gasteiger partial charge is 0.244 e. The average Bonchev–Trinajstić information content (AvgIpc) is 3.31. The van der Waals surface area contributed by atoms with Crippen molar-refractivity contribution in [3.63, 3.8) is 0 Å². The number of hydrogen-bond acceptors (Lipinski definition) is 5. The quantitative estimate of drug-likeness (QED) is 0.718. The van der Waals surface area contributed by atoms with Crippen LogP contribution in [0, 0.1) is 5.41 Å². The first-order valence-corrected chi connectivity index (χ1v) is 11.9. The normalized spacial score (nSPS) is 20.8. The van der Waals surface area contributed by atoms with Crippen LogP contribution in [0.5, 0.6) is 5.75 Å². The summed E-state index contributed by atoms with van der Waals surface area (Å²) >= 11 is 0. The van der Waals surface area contributed by atoms with Crippen molar-refractivity contribution in [1.82, 2.24) is 19.6 Å². The molecule has 1 spiro atoms. The zero-order valence-corrected chi connectivity index (χ0v) is 19.2. The third kappa shape index (κ3) is 6.11. The number of carbonyl (C=O) groups excluding carboxylic acids is 1. The molecule has 1 amide bonds. The Morgan fingerprint density at radius 3 is 2.72 bits per heavy atom. The van der Waals surface area contributed by atoms with Crippen molar-refractivity contribution in [2.24, 2.45) is 5.41 Å². The number of amides is 1. The molecule has 0 bridgehead atoms. The number of carbonyl (C=O) groups is 1. The maximum Gasteiger partial charge on any atom is 0.244 e. The summed E-state index contributed by atoms with van der Waals surface area (Å²) < 4.78 is 14.1. The number of likely N-dealkylation sites (tertiary alicyclic amines) is 1.